The quantitative estimate of drug-likeness (QED) is 0.208. The van der Waals surface area contributed by atoms with E-state index in [1.54, 1.807) is 18.3 Å². The SMILES string of the molecule is COc1ncc(-c2cc(C(=O)NC[C@H](c3cc4c(c(-c5ccc(F)cc5)n3)OC[C@]4(C)C(N)=O)C(F)(F)F)ccc2OC2CC2)s1. The number of amides is 2. The van der Waals surface area contributed by atoms with Crippen molar-refractivity contribution in [3.8, 4) is 38.4 Å². The maximum atomic E-state index is 14.7. The molecule has 3 N–H and O–H groups in total. The molecule has 0 bridgehead atoms. The second kappa shape index (κ2) is 11.9. The molecule has 14 heteroatoms. The molecule has 4 aromatic rings. The fourth-order valence-corrected chi connectivity index (χ4v) is 5.83. The number of halogens is 4. The lowest BCUT2D eigenvalue weighted by atomic mass is 9.82. The summed E-state index contributed by atoms with van der Waals surface area (Å²) in [7, 11) is 1.48. The highest BCUT2D eigenvalue weighted by molar-refractivity contribution is 7.16. The van der Waals surface area contributed by atoms with Crippen LogP contribution in [0.3, 0.4) is 0 Å². The van der Waals surface area contributed by atoms with Crippen LogP contribution in [0.25, 0.3) is 21.7 Å². The lowest BCUT2D eigenvalue weighted by molar-refractivity contribution is -0.149. The first-order valence-electron chi connectivity index (χ1n) is 14.3. The molecule has 6 rings (SSSR count). The van der Waals surface area contributed by atoms with Crippen molar-refractivity contribution in [2.24, 2.45) is 5.73 Å². The number of alkyl halides is 3. The number of carbonyl (C=O) groups is 2. The summed E-state index contributed by atoms with van der Waals surface area (Å²) in [6.07, 6.45) is -1.43. The highest BCUT2D eigenvalue weighted by Crippen LogP contribution is 2.47. The molecule has 0 spiro atoms. The molecular formula is C32H28F4N4O5S. The number of hydrogen-bond donors (Lipinski definition) is 2. The molecular weight excluding hydrogens is 628 g/mol. The van der Waals surface area contributed by atoms with E-state index in [4.69, 9.17) is 19.9 Å². The molecule has 2 amide bonds. The zero-order valence-electron chi connectivity index (χ0n) is 24.6. The van der Waals surface area contributed by atoms with E-state index in [-0.39, 0.29) is 40.8 Å². The number of carbonyl (C=O) groups excluding carboxylic acids is 2. The third-order valence-corrected chi connectivity index (χ3v) is 8.95. The number of thiazole rings is 1. The predicted octanol–water partition coefficient (Wildman–Crippen LogP) is 5.77. The summed E-state index contributed by atoms with van der Waals surface area (Å²) in [5, 5.41) is 2.80. The summed E-state index contributed by atoms with van der Waals surface area (Å²) in [6.45, 7) is 0.393. The largest absolute Gasteiger partial charge is 0.490 e. The Bertz CT molecular complexity index is 1810. The Morgan fingerprint density at radius 3 is 2.54 bits per heavy atom. The average molecular weight is 657 g/mol. The van der Waals surface area contributed by atoms with E-state index in [1.807, 2.05) is 0 Å². The summed E-state index contributed by atoms with van der Waals surface area (Å²) in [6, 6.07) is 10.7. The third-order valence-electron chi connectivity index (χ3n) is 7.96. The first-order valence-corrected chi connectivity index (χ1v) is 15.1. The van der Waals surface area contributed by atoms with Gasteiger partial charge in [-0.2, -0.15) is 13.2 Å². The fraction of sp³-hybridized carbons (Fsp3) is 0.312. The number of rotatable bonds is 10. The van der Waals surface area contributed by atoms with Gasteiger partial charge in [0, 0.05) is 35.0 Å². The molecule has 0 saturated heterocycles. The Labute approximate surface area is 264 Å². The first-order chi connectivity index (χ1) is 21.9. The molecule has 2 aromatic heterocycles. The van der Waals surface area contributed by atoms with Crippen molar-refractivity contribution in [1.82, 2.24) is 15.3 Å². The van der Waals surface area contributed by atoms with Crippen LogP contribution in [-0.2, 0) is 10.2 Å². The Kier molecular flexibility index (Phi) is 8.09. The molecule has 0 radical (unpaired) electrons. The molecule has 1 fully saturated rings. The van der Waals surface area contributed by atoms with Crippen LogP contribution < -0.4 is 25.3 Å². The van der Waals surface area contributed by atoms with Gasteiger partial charge in [-0.1, -0.05) is 11.3 Å². The molecule has 9 nitrogen and oxygen atoms in total. The second-order valence-corrected chi connectivity index (χ2v) is 12.3. The molecule has 1 aliphatic heterocycles. The first kappa shape index (κ1) is 31.3. The number of hydrogen-bond acceptors (Lipinski definition) is 8. The van der Waals surface area contributed by atoms with Gasteiger partial charge in [0.15, 0.2) is 0 Å². The minimum absolute atomic E-state index is 0.00562. The number of methoxy groups -OCH3 is 1. The number of nitrogens with one attached hydrogen (secondary N) is 1. The number of fused-ring (bicyclic) bond motifs is 1. The van der Waals surface area contributed by atoms with Crippen LogP contribution in [0.2, 0.25) is 0 Å². The monoisotopic (exact) mass is 656 g/mol. The van der Waals surface area contributed by atoms with E-state index < -0.39 is 47.4 Å². The van der Waals surface area contributed by atoms with Gasteiger partial charge in [0.05, 0.1) is 23.8 Å². The van der Waals surface area contributed by atoms with E-state index in [9.17, 15) is 27.2 Å². The molecule has 46 heavy (non-hydrogen) atoms. The highest BCUT2D eigenvalue weighted by Gasteiger charge is 2.47. The number of aromatic nitrogens is 2. The van der Waals surface area contributed by atoms with Gasteiger partial charge in [-0.3, -0.25) is 9.59 Å². The second-order valence-electron chi connectivity index (χ2n) is 11.3. The molecule has 2 atom stereocenters. The van der Waals surface area contributed by atoms with Crippen LogP contribution in [0.15, 0.2) is 54.7 Å². The molecule has 3 heterocycles. The average Bonchev–Trinajstić information content (AvgIpc) is 3.58. The maximum Gasteiger partial charge on any atom is 0.398 e. The minimum atomic E-state index is -4.86. The highest BCUT2D eigenvalue weighted by atomic mass is 32.1. The number of nitrogens with two attached hydrogens (primary N) is 1. The predicted molar refractivity (Wildman–Crippen MR) is 161 cm³/mol. The van der Waals surface area contributed by atoms with Gasteiger partial charge in [-0.25, -0.2) is 14.4 Å². The van der Waals surface area contributed by atoms with Gasteiger partial charge in [0.1, 0.15) is 40.9 Å². The van der Waals surface area contributed by atoms with E-state index in [0.29, 0.717) is 21.4 Å². The van der Waals surface area contributed by atoms with E-state index in [2.05, 4.69) is 15.3 Å². The number of nitrogens with zero attached hydrogens (tertiary/aromatic N) is 2. The van der Waals surface area contributed by atoms with E-state index >= 15 is 0 Å². The van der Waals surface area contributed by atoms with Gasteiger partial charge < -0.3 is 25.3 Å². The van der Waals surface area contributed by atoms with E-state index in [1.165, 1.54) is 43.6 Å². The number of benzene rings is 2. The van der Waals surface area contributed by atoms with Crippen LogP contribution in [0.1, 0.15) is 47.3 Å². The van der Waals surface area contributed by atoms with Crippen molar-refractivity contribution < 1.29 is 41.4 Å². The van der Waals surface area contributed by atoms with Gasteiger partial charge in [-0.05, 0) is 68.3 Å². The minimum Gasteiger partial charge on any atom is -0.490 e. The standard InChI is InChI=1S/C32H28F4N4O5S/c1-31(29(37)42)15-44-27-21(31)12-23(40-26(27)16-3-6-18(33)7-4-16)22(32(34,35)36)13-38-28(41)17-5-10-24(45-19-8-9-19)20(11-17)25-14-39-30(43-2)46-25/h3-7,10-12,14,19,22H,8-9,13,15H2,1-2H3,(H2,37,42)(H,38,41)/t22-,31+/m1/s1. The van der Waals surface area contributed by atoms with Crippen LogP contribution in [0, 0.1) is 5.82 Å². The van der Waals surface area contributed by atoms with Gasteiger partial charge in [0.25, 0.3) is 11.1 Å². The molecule has 1 saturated carbocycles. The number of primary amides is 1. The lowest BCUT2D eigenvalue weighted by Gasteiger charge is -2.24. The summed E-state index contributed by atoms with van der Waals surface area (Å²) < 4.78 is 74.6. The van der Waals surface area contributed by atoms with Crippen molar-refractivity contribution in [1.29, 1.82) is 0 Å². The normalized spacial score (nSPS) is 18.0. The molecule has 0 unspecified atom stereocenters. The summed E-state index contributed by atoms with van der Waals surface area (Å²) in [5.74, 6) is -3.78. The van der Waals surface area contributed by atoms with Crippen LogP contribution >= 0.6 is 11.3 Å². The fourth-order valence-electron chi connectivity index (χ4n) is 5.08. The van der Waals surface area contributed by atoms with Crippen LogP contribution in [0.4, 0.5) is 17.6 Å². The van der Waals surface area contributed by atoms with Crippen molar-refractivity contribution in [2.45, 2.75) is 43.4 Å². The third kappa shape index (κ3) is 6.08. The molecule has 2 aliphatic rings. The van der Waals surface area contributed by atoms with E-state index in [0.717, 1.165) is 31.0 Å². The number of pyridine rings is 1. The van der Waals surface area contributed by atoms with Crippen molar-refractivity contribution in [3.05, 3.63) is 77.4 Å². The van der Waals surface area contributed by atoms with Crippen LogP contribution in [0.5, 0.6) is 16.7 Å². The Balaban J connectivity index is 1.33. The lowest BCUT2D eigenvalue weighted by Crippen LogP contribution is -2.40. The number of ether oxygens (including phenoxy) is 3. The Morgan fingerprint density at radius 1 is 1.17 bits per heavy atom. The van der Waals surface area contributed by atoms with Gasteiger partial charge >= 0.3 is 6.18 Å². The zero-order chi connectivity index (χ0) is 32.8. The van der Waals surface area contributed by atoms with Gasteiger partial charge in [0.2, 0.25) is 5.91 Å². The summed E-state index contributed by atoms with van der Waals surface area (Å²) in [5.41, 5.74) is 4.80. The Hall–Kier alpha value is -4.72. The van der Waals surface area contributed by atoms with Crippen molar-refractivity contribution in [3.63, 3.8) is 0 Å². The van der Waals surface area contributed by atoms with Crippen molar-refractivity contribution >= 4 is 23.2 Å². The smallest absolute Gasteiger partial charge is 0.398 e. The summed E-state index contributed by atoms with van der Waals surface area (Å²) in [4.78, 5) is 34.9. The molecule has 1 aliphatic carbocycles. The molecule has 2 aromatic carbocycles. The maximum absolute atomic E-state index is 14.7. The Morgan fingerprint density at radius 2 is 1.91 bits per heavy atom. The van der Waals surface area contributed by atoms with Gasteiger partial charge in [-0.15, -0.1) is 0 Å². The van der Waals surface area contributed by atoms with Crippen LogP contribution in [-0.4, -0.2) is 54.3 Å². The topological polar surface area (TPSA) is 126 Å². The zero-order valence-corrected chi connectivity index (χ0v) is 25.4. The summed E-state index contributed by atoms with van der Waals surface area (Å²) >= 11 is 1.23. The molecule has 240 valence electrons. The van der Waals surface area contributed by atoms with Crippen molar-refractivity contribution in [2.75, 3.05) is 20.3 Å².